The second kappa shape index (κ2) is 6.28. The van der Waals surface area contributed by atoms with Crippen LogP contribution in [0.4, 0.5) is 5.95 Å². The number of aromatic nitrogens is 2. The van der Waals surface area contributed by atoms with Gasteiger partial charge >= 0.3 is 0 Å². The number of hydrogen-bond donors (Lipinski definition) is 1. The smallest absolute Gasteiger partial charge is 0.231 e. The van der Waals surface area contributed by atoms with Crippen LogP contribution in [0.1, 0.15) is 30.4 Å². The number of hydrogen-bond acceptors (Lipinski definition) is 6. The molecule has 2 atom stereocenters. The fraction of sp³-hybridized carbons (Fsp3) is 0.444. The first-order chi connectivity index (χ1) is 11.7. The number of anilines is 1. The maximum Gasteiger partial charge on any atom is 0.231 e. The Morgan fingerprint density at radius 3 is 2.75 bits per heavy atom. The van der Waals surface area contributed by atoms with Gasteiger partial charge in [0.1, 0.15) is 0 Å². The molecule has 1 aromatic carbocycles. The predicted molar refractivity (Wildman–Crippen MR) is 89.6 cm³/mol. The van der Waals surface area contributed by atoms with Gasteiger partial charge in [0, 0.05) is 31.4 Å². The van der Waals surface area contributed by atoms with Gasteiger partial charge in [-0.2, -0.15) is 0 Å². The summed E-state index contributed by atoms with van der Waals surface area (Å²) in [6.45, 7) is 3.70. The first-order valence-corrected chi connectivity index (χ1v) is 8.38. The molecule has 2 aromatic rings. The molecule has 6 heteroatoms. The zero-order valence-electron chi connectivity index (χ0n) is 13.7. The average Bonchev–Trinajstić information content (AvgIpc) is 3.09. The van der Waals surface area contributed by atoms with E-state index in [1.54, 1.807) is 0 Å². The lowest BCUT2D eigenvalue weighted by atomic mass is 9.87. The Balaban J connectivity index is 1.48. The van der Waals surface area contributed by atoms with Crippen molar-refractivity contribution >= 4 is 5.95 Å². The molecule has 3 heterocycles. The number of benzene rings is 1. The van der Waals surface area contributed by atoms with Crippen molar-refractivity contribution in [2.75, 3.05) is 24.8 Å². The fourth-order valence-electron chi connectivity index (χ4n) is 3.34. The lowest BCUT2D eigenvalue weighted by Crippen LogP contribution is -2.43. The van der Waals surface area contributed by atoms with Crippen molar-refractivity contribution in [3.63, 3.8) is 0 Å². The lowest BCUT2D eigenvalue weighted by molar-refractivity contribution is 0.129. The number of fused-ring (bicyclic) bond motifs is 1. The first-order valence-electron chi connectivity index (χ1n) is 8.38. The molecule has 0 radical (unpaired) electrons. The van der Waals surface area contributed by atoms with E-state index in [2.05, 4.69) is 16.9 Å². The molecule has 0 spiro atoms. The minimum Gasteiger partial charge on any atom is -0.454 e. The molecule has 1 aromatic heterocycles. The van der Waals surface area contributed by atoms with Crippen LogP contribution in [0.25, 0.3) is 0 Å². The van der Waals surface area contributed by atoms with E-state index in [4.69, 9.17) is 9.47 Å². The molecular weight excluding hydrogens is 306 g/mol. The lowest BCUT2D eigenvalue weighted by Gasteiger charge is -2.36. The number of β-amino-alcohol motifs (C(OH)–C–C–N with tert-alkyl or cyclic N) is 1. The minimum atomic E-state index is -0.464. The third kappa shape index (κ3) is 2.78. The molecule has 1 saturated heterocycles. The molecule has 24 heavy (non-hydrogen) atoms. The van der Waals surface area contributed by atoms with Crippen LogP contribution in [0, 0.1) is 0 Å². The van der Waals surface area contributed by atoms with E-state index in [0.717, 1.165) is 42.0 Å². The summed E-state index contributed by atoms with van der Waals surface area (Å²) in [7, 11) is 0. The maximum absolute atomic E-state index is 10.6. The number of aliphatic hydroxyl groups is 1. The van der Waals surface area contributed by atoms with Crippen molar-refractivity contribution in [3.8, 4) is 11.5 Å². The van der Waals surface area contributed by atoms with Crippen LogP contribution in [0.5, 0.6) is 11.5 Å². The van der Waals surface area contributed by atoms with Crippen molar-refractivity contribution in [2.24, 2.45) is 0 Å². The van der Waals surface area contributed by atoms with Gasteiger partial charge in [-0.15, -0.1) is 0 Å². The molecule has 1 fully saturated rings. The first kappa shape index (κ1) is 15.2. The summed E-state index contributed by atoms with van der Waals surface area (Å²) in [6, 6.07) is 5.92. The van der Waals surface area contributed by atoms with Gasteiger partial charge in [0.05, 0.1) is 6.10 Å². The number of piperidine rings is 1. The number of rotatable bonds is 3. The highest BCUT2D eigenvalue weighted by Crippen LogP contribution is 2.37. The Morgan fingerprint density at radius 1 is 1.21 bits per heavy atom. The van der Waals surface area contributed by atoms with Crippen LogP contribution in [0.15, 0.2) is 30.6 Å². The van der Waals surface area contributed by atoms with E-state index < -0.39 is 6.10 Å². The summed E-state index contributed by atoms with van der Waals surface area (Å²) >= 11 is 0. The molecule has 1 N–H and O–H groups in total. The molecule has 2 aliphatic heterocycles. The van der Waals surface area contributed by atoms with Crippen molar-refractivity contribution in [1.82, 2.24) is 9.97 Å². The van der Waals surface area contributed by atoms with Gasteiger partial charge in [-0.3, -0.25) is 0 Å². The molecule has 2 aliphatic rings. The molecule has 0 saturated carbocycles. The van der Waals surface area contributed by atoms with Crippen LogP contribution < -0.4 is 14.4 Å². The van der Waals surface area contributed by atoms with E-state index in [9.17, 15) is 5.11 Å². The molecule has 6 nitrogen and oxygen atoms in total. The molecule has 0 amide bonds. The number of ether oxygens (including phenoxy) is 2. The number of aryl methyl sites for hydroxylation is 1. The second-order valence-corrected chi connectivity index (χ2v) is 6.27. The largest absolute Gasteiger partial charge is 0.454 e. The quantitative estimate of drug-likeness (QED) is 0.931. The fourth-order valence-corrected chi connectivity index (χ4v) is 3.34. The van der Waals surface area contributed by atoms with Crippen LogP contribution in [0.3, 0.4) is 0 Å². The summed E-state index contributed by atoms with van der Waals surface area (Å²) in [4.78, 5) is 10.9. The van der Waals surface area contributed by atoms with Crippen molar-refractivity contribution in [1.29, 1.82) is 0 Å². The van der Waals surface area contributed by atoms with E-state index in [-0.39, 0.29) is 12.7 Å². The third-order valence-corrected chi connectivity index (χ3v) is 4.79. The third-order valence-electron chi connectivity index (χ3n) is 4.79. The number of nitrogens with zero attached hydrogens (tertiary/aromatic N) is 3. The predicted octanol–water partition coefficient (Wildman–Crippen LogP) is 2.12. The monoisotopic (exact) mass is 327 g/mol. The topological polar surface area (TPSA) is 67.7 Å². The summed E-state index contributed by atoms with van der Waals surface area (Å²) in [6.07, 6.45) is 5.03. The Bertz CT molecular complexity index is 720. The highest BCUT2D eigenvalue weighted by atomic mass is 16.7. The Morgan fingerprint density at radius 2 is 2.00 bits per heavy atom. The zero-order valence-corrected chi connectivity index (χ0v) is 13.7. The van der Waals surface area contributed by atoms with Gasteiger partial charge in [-0.1, -0.05) is 13.0 Å². The zero-order chi connectivity index (χ0) is 16.5. The highest BCUT2D eigenvalue weighted by Gasteiger charge is 2.31. The highest BCUT2D eigenvalue weighted by molar-refractivity contribution is 5.46. The van der Waals surface area contributed by atoms with Crippen LogP contribution in [0.2, 0.25) is 0 Å². The summed E-state index contributed by atoms with van der Waals surface area (Å²) in [5.74, 6) is 2.32. The standard InChI is InChI=1S/C18H21N3O3/c1-2-12-8-19-18(20-9-12)21-6-5-14(15(22)10-21)13-3-4-16-17(7-13)24-11-23-16/h3-4,7-9,14-15,22H,2,5-6,10-11H2,1H3/t14-,15+/m0/s1. The SMILES string of the molecule is CCc1cnc(N2CC[C@@H](c3ccc4c(c3)OCO4)[C@H](O)C2)nc1. The van der Waals surface area contributed by atoms with Gasteiger partial charge in [-0.05, 0) is 36.1 Å². The molecule has 0 bridgehead atoms. The van der Waals surface area contributed by atoms with Crippen molar-refractivity contribution in [2.45, 2.75) is 31.8 Å². The Kier molecular flexibility index (Phi) is 3.98. The van der Waals surface area contributed by atoms with Gasteiger partial charge < -0.3 is 19.5 Å². The van der Waals surface area contributed by atoms with Crippen LogP contribution in [-0.2, 0) is 6.42 Å². The maximum atomic E-state index is 10.6. The molecule has 4 rings (SSSR count). The molecule has 0 unspecified atom stereocenters. The second-order valence-electron chi connectivity index (χ2n) is 6.27. The minimum absolute atomic E-state index is 0.0886. The van der Waals surface area contributed by atoms with Crippen LogP contribution >= 0.6 is 0 Å². The van der Waals surface area contributed by atoms with Crippen molar-refractivity contribution in [3.05, 3.63) is 41.7 Å². The summed E-state index contributed by atoms with van der Waals surface area (Å²) in [5.41, 5.74) is 2.21. The number of aliphatic hydroxyl groups excluding tert-OH is 1. The van der Waals surface area contributed by atoms with E-state index in [1.165, 1.54) is 0 Å². The normalized spacial score (nSPS) is 22.7. The van der Waals surface area contributed by atoms with Crippen molar-refractivity contribution < 1.29 is 14.6 Å². The Hall–Kier alpha value is -2.34. The summed E-state index contributed by atoms with van der Waals surface area (Å²) in [5, 5.41) is 10.6. The van der Waals surface area contributed by atoms with Crippen LogP contribution in [-0.4, -0.2) is 41.1 Å². The summed E-state index contributed by atoms with van der Waals surface area (Å²) < 4.78 is 10.8. The van der Waals surface area contributed by atoms with E-state index in [1.807, 2.05) is 35.5 Å². The van der Waals surface area contributed by atoms with Gasteiger partial charge in [0.25, 0.3) is 0 Å². The molecule has 0 aliphatic carbocycles. The van der Waals surface area contributed by atoms with E-state index in [0.29, 0.717) is 12.5 Å². The molecule has 126 valence electrons. The van der Waals surface area contributed by atoms with Gasteiger partial charge in [0.15, 0.2) is 11.5 Å². The van der Waals surface area contributed by atoms with E-state index >= 15 is 0 Å². The average molecular weight is 327 g/mol. The Labute approximate surface area is 141 Å². The van der Waals surface area contributed by atoms with Gasteiger partial charge in [0.2, 0.25) is 12.7 Å². The van der Waals surface area contributed by atoms with Gasteiger partial charge in [-0.25, -0.2) is 9.97 Å². The molecular formula is C18H21N3O3.